The van der Waals surface area contributed by atoms with Crippen LogP contribution in [0.5, 0.6) is 5.75 Å². The highest BCUT2D eigenvalue weighted by Gasteiger charge is 2.28. The van der Waals surface area contributed by atoms with E-state index in [4.69, 9.17) is 13.9 Å². The Morgan fingerprint density at radius 1 is 1.10 bits per heavy atom. The highest BCUT2D eigenvalue weighted by atomic mass is 16.6. The van der Waals surface area contributed by atoms with E-state index < -0.39 is 18.0 Å². The minimum absolute atomic E-state index is 0.0763. The van der Waals surface area contributed by atoms with E-state index in [0.717, 1.165) is 5.56 Å². The van der Waals surface area contributed by atoms with Gasteiger partial charge < -0.3 is 19.2 Å². The van der Waals surface area contributed by atoms with Gasteiger partial charge in [0.15, 0.2) is 0 Å². The molecule has 0 spiro atoms. The quantitative estimate of drug-likeness (QED) is 0.651. The van der Waals surface area contributed by atoms with Gasteiger partial charge in [-0.2, -0.15) is 0 Å². The number of nitrogens with one attached hydrogen (secondary N) is 1. The maximum absolute atomic E-state index is 12.8. The number of para-hydroxylation sites is 1. The molecule has 1 aliphatic heterocycles. The summed E-state index contributed by atoms with van der Waals surface area (Å²) >= 11 is 0. The fourth-order valence-electron chi connectivity index (χ4n) is 2.91. The predicted molar refractivity (Wildman–Crippen MR) is 104 cm³/mol. The van der Waals surface area contributed by atoms with Crippen LogP contribution in [0, 0.1) is 0 Å². The topological polar surface area (TPSA) is 90.7 Å². The van der Waals surface area contributed by atoms with Gasteiger partial charge in [0, 0.05) is 23.5 Å². The molecular weight excluding hydrogens is 372 g/mol. The molecule has 0 aliphatic carbocycles. The largest absolute Gasteiger partial charge is 0.488 e. The van der Waals surface area contributed by atoms with Crippen LogP contribution < -0.4 is 10.1 Å². The van der Waals surface area contributed by atoms with Crippen LogP contribution in [0.4, 0.5) is 0 Å². The molecule has 3 heterocycles. The number of carbonyl (C=O) groups excluding carboxylic acids is 2. The summed E-state index contributed by atoms with van der Waals surface area (Å²) in [6.45, 7) is 0.261. The van der Waals surface area contributed by atoms with E-state index in [1.807, 2.05) is 24.3 Å². The molecule has 7 nitrogen and oxygen atoms in total. The third-order valence-corrected chi connectivity index (χ3v) is 4.38. The zero-order chi connectivity index (χ0) is 20.1. The zero-order valence-electron chi connectivity index (χ0n) is 15.4. The summed E-state index contributed by atoms with van der Waals surface area (Å²) in [7, 11) is 0. The van der Waals surface area contributed by atoms with Gasteiger partial charge in [0.1, 0.15) is 18.1 Å². The molecule has 1 amide bonds. The van der Waals surface area contributed by atoms with E-state index in [0.29, 0.717) is 22.6 Å². The van der Waals surface area contributed by atoms with Gasteiger partial charge in [0.2, 0.25) is 6.10 Å². The SMILES string of the molecule is O=C(OC(C(=O)NCc1ccco1)c1ccncc1)C1=Cc2ccccc2OC1. The molecule has 1 unspecified atom stereocenters. The summed E-state index contributed by atoms with van der Waals surface area (Å²) < 4.78 is 16.4. The van der Waals surface area contributed by atoms with Crippen molar-refractivity contribution in [1.29, 1.82) is 0 Å². The maximum atomic E-state index is 12.8. The second kappa shape index (κ2) is 8.43. The second-order valence-electron chi connectivity index (χ2n) is 6.36. The number of nitrogens with zero attached hydrogens (tertiary/aromatic N) is 1. The Bertz CT molecular complexity index is 1030. The van der Waals surface area contributed by atoms with Crippen molar-refractivity contribution in [3.63, 3.8) is 0 Å². The van der Waals surface area contributed by atoms with Gasteiger partial charge in [-0.25, -0.2) is 4.79 Å². The molecule has 7 heteroatoms. The van der Waals surface area contributed by atoms with Crippen molar-refractivity contribution in [1.82, 2.24) is 10.3 Å². The third-order valence-electron chi connectivity index (χ3n) is 4.38. The normalized spacial score (nSPS) is 13.4. The van der Waals surface area contributed by atoms with Crippen LogP contribution in [0.2, 0.25) is 0 Å². The monoisotopic (exact) mass is 390 g/mol. The van der Waals surface area contributed by atoms with Crippen LogP contribution >= 0.6 is 0 Å². The van der Waals surface area contributed by atoms with Gasteiger partial charge in [0.25, 0.3) is 5.91 Å². The van der Waals surface area contributed by atoms with Crippen molar-refractivity contribution >= 4 is 18.0 Å². The molecule has 3 aromatic rings. The molecule has 1 N–H and O–H groups in total. The van der Waals surface area contributed by atoms with Gasteiger partial charge in [-0.3, -0.25) is 9.78 Å². The van der Waals surface area contributed by atoms with Crippen LogP contribution in [0.1, 0.15) is 23.0 Å². The summed E-state index contributed by atoms with van der Waals surface area (Å²) in [6.07, 6.45) is 5.18. The summed E-state index contributed by atoms with van der Waals surface area (Å²) in [6, 6.07) is 14.1. The zero-order valence-corrected chi connectivity index (χ0v) is 15.4. The lowest BCUT2D eigenvalue weighted by atomic mass is 10.1. The van der Waals surface area contributed by atoms with Gasteiger partial charge >= 0.3 is 5.97 Å². The molecule has 2 aromatic heterocycles. The Hall–Kier alpha value is -3.87. The Labute approximate surface area is 167 Å². The molecule has 0 bridgehead atoms. The van der Waals surface area contributed by atoms with E-state index in [9.17, 15) is 9.59 Å². The fraction of sp³-hybridized carbons (Fsp3) is 0.136. The first-order valence-corrected chi connectivity index (χ1v) is 9.04. The number of fused-ring (bicyclic) bond motifs is 1. The molecule has 0 fully saturated rings. The highest BCUT2D eigenvalue weighted by Crippen LogP contribution is 2.27. The summed E-state index contributed by atoms with van der Waals surface area (Å²) in [5.74, 6) is 0.220. The van der Waals surface area contributed by atoms with Crippen molar-refractivity contribution in [2.75, 3.05) is 6.61 Å². The summed E-state index contributed by atoms with van der Waals surface area (Å²) in [5, 5.41) is 2.73. The average molecular weight is 390 g/mol. The lowest BCUT2D eigenvalue weighted by Crippen LogP contribution is -2.32. The van der Waals surface area contributed by atoms with E-state index in [1.165, 1.54) is 18.7 Å². The van der Waals surface area contributed by atoms with Crippen molar-refractivity contribution in [2.45, 2.75) is 12.6 Å². The number of furan rings is 1. The van der Waals surface area contributed by atoms with Gasteiger partial charge in [-0.15, -0.1) is 0 Å². The number of aromatic nitrogens is 1. The molecule has 1 aromatic carbocycles. The third kappa shape index (κ3) is 4.35. The number of benzene rings is 1. The number of ether oxygens (including phenoxy) is 2. The Balaban J connectivity index is 1.51. The van der Waals surface area contributed by atoms with Crippen molar-refractivity contribution in [3.8, 4) is 5.75 Å². The first kappa shape index (κ1) is 18.5. The molecule has 4 rings (SSSR count). The number of amides is 1. The number of carbonyl (C=O) groups is 2. The standard InChI is InChI=1S/C22H18N2O5/c25-21(24-13-18-5-3-11-27-18)20(15-7-9-23-10-8-15)29-22(26)17-12-16-4-1-2-6-19(16)28-14-17/h1-12,20H,13-14H2,(H,24,25). The Morgan fingerprint density at radius 3 is 2.72 bits per heavy atom. The molecule has 146 valence electrons. The molecule has 1 atom stereocenters. The minimum atomic E-state index is -1.13. The number of hydrogen-bond donors (Lipinski definition) is 1. The molecule has 0 saturated carbocycles. The van der Waals surface area contributed by atoms with Gasteiger partial charge in [-0.1, -0.05) is 18.2 Å². The van der Waals surface area contributed by atoms with Gasteiger partial charge in [0.05, 0.1) is 18.4 Å². The molecular formula is C22H18N2O5. The molecule has 1 aliphatic rings. The molecule has 0 saturated heterocycles. The van der Waals surface area contributed by atoms with Crippen molar-refractivity contribution in [2.24, 2.45) is 0 Å². The minimum Gasteiger partial charge on any atom is -0.488 e. The maximum Gasteiger partial charge on any atom is 0.338 e. The average Bonchev–Trinajstić information content (AvgIpc) is 3.29. The van der Waals surface area contributed by atoms with Crippen molar-refractivity contribution in [3.05, 3.63) is 89.6 Å². The molecule has 0 radical (unpaired) electrons. The van der Waals surface area contributed by atoms with E-state index in [1.54, 1.807) is 30.3 Å². The van der Waals surface area contributed by atoms with Crippen LogP contribution in [-0.2, 0) is 20.9 Å². The summed E-state index contributed by atoms with van der Waals surface area (Å²) in [5.41, 5.74) is 1.64. The number of esters is 1. The summed E-state index contributed by atoms with van der Waals surface area (Å²) in [4.78, 5) is 29.4. The number of hydrogen-bond acceptors (Lipinski definition) is 6. The van der Waals surface area contributed by atoms with E-state index >= 15 is 0 Å². The van der Waals surface area contributed by atoms with Crippen LogP contribution in [0.25, 0.3) is 6.08 Å². The van der Waals surface area contributed by atoms with Gasteiger partial charge in [-0.05, 0) is 36.4 Å². The number of pyridine rings is 1. The van der Waals surface area contributed by atoms with Crippen LogP contribution in [-0.4, -0.2) is 23.5 Å². The second-order valence-corrected chi connectivity index (χ2v) is 6.36. The predicted octanol–water partition coefficient (Wildman–Crippen LogP) is 3.05. The first-order valence-electron chi connectivity index (χ1n) is 9.04. The van der Waals surface area contributed by atoms with Crippen molar-refractivity contribution < 1.29 is 23.5 Å². The Morgan fingerprint density at radius 2 is 1.93 bits per heavy atom. The highest BCUT2D eigenvalue weighted by molar-refractivity contribution is 5.97. The van der Waals surface area contributed by atoms with Crippen LogP contribution in [0.3, 0.4) is 0 Å². The smallest absolute Gasteiger partial charge is 0.338 e. The first-order chi connectivity index (χ1) is 14.2. The van der Waals surface area contributed by atoms with Crippen LogP contribution in [0.15, 0.2) is 77.2 Å². The fourth-order valence-corrected chi connectivity index (χ4v) is 2.91. The molecule has 29 heavy (non-hydrogen) atoms. The van der Waals surface area contributed by atoms with E-state index in [-0.39, 0.29) is 13.2 Å². The Kier molecular flexibility index (Phi) is 5.38. The van der Waals surface area contributed by atoms with E-state index in [2.05, 4.69) is 10.3 Å². The number of rotatable bonds is 6. The lowest BCUT2D eigenvalue weighted by molar-refractivity contribution is -0.153. The lowest BCUT2D eigenvalue weighted by Gasteiger charge is -2.21.